The first-order chi connectivity index (χ1) is 6.61. The highest BCUT2D eigenvalue weighted by molar-refractivity contribution is 5.72. The molecule has 0 aliphatic carbocycles. The minimum Gasteiger partial charge on any atom is -0.477 e. The Morgan fingerprint density at radius 1 is 1.50 bits per heavy atom. The van der Waals surface area contributed by atoms with E-state index in [1.54, 1.807) is 13.0 Å². The first-order valence-electron chi connectivity index (χ1n) is 4.55. The molecule has 0 saturated heterocycles. The number of carbonyl (C=O) groups excluding carboxylic acids is 1. The molecule has 1 rings (SSSR count). The lowest BCUT2D eigenvalue weighted by Crippen LogP contribution is -2.07. The van der Waals surface area contributed by atoms with Gasteiger partial charge in [-0.15, -0.1) is 0 Å². The Balaban J connectivity index is 2.76. The van der Waals surface area contributed by atoms with Crippen LogP contribution in [0.2, 0.25) is 0 Å². The van der Waals surface area contributed by atoms with Crippen molar-refractivity contribution in [3.63, 3.8) is 0 Å². The second-order valence-corrected chi connectivity index (χ2v) is 3.50. The summed E-state index contributed by atoms with van der Waals surface area (Å²) in [6.45, 7) is 6.42. The van der Waals surface area contributed by atoms with E-state index >= 15 is 0 Å². The summed E-state index contributed by atoms with van der Waals surface area (Å²) in [5, 5.41) is 0. The van der Waals surface area contributed by atoms with Crippen molar-refractivity contribution < 1.29 is 9.53 Å². The quantitative estimate of drug-likeness (QED) is 0.683. The van der Waals surface area contributed by atoms with E-state index in [0.717, 1.165) is 0 Å². The van der Waals surface area contributed by atoms with Gasteiger partial charge >= 0.3 is 0 Å². The number of aryl methyl sites for hydroxylation is 1. The van der Waals surface area contributed by atoms with E-state index in [0.29, 0.717) is 36.2 Å². The maximum Gasteiger partial charge on any atom is 0.217 e. The average molecular weight is 194 g/mol. The van der Waals surface area contributed by atoms with Crippen LogP contribution in [0.5, 0.6) is 5.88 Å². The average Bonchev–Trinajstić information content (AvgIpc) is 2.14. The number of rotatable bonds is 4. The van der Waals surface area contributed by atoms with Gasteiger partial charge in [0.05, 0.1) is 6.61 Å². The molecule has 1 aromatic rings. The van der Waals surface area contributed by atoms with Gasteiger partial charge in [-0.2, -0.15) is 4.98 Å². The van der Waals surface area contributed by atoms with Crippen LogP contribution in [0.3, 0.4) is 0 Å². The highest BCUT2D eigenvalue weighted by Gasteiger charge is 2.02. The normalized spacial score (nSPS) is 10.3. The summed E-state index contributed by atoms with van der Waals surface area (Å²) in [5.74, 6) is 1.45. The Morgan fingerprint density at radius 2 is 2.21 bits per heavy atom. The van der Waals surface area contributed by atoms with Gasteiger partial charge in [-0.1, -0.05) is 13.8 Å². The molecule has 0 saturated carbocycles. The molecule has 0 spiro atoms. The lowest BCUT2D eigenvalue weighted by molar-refractivity contribution is 0.111. The molecule has 4 nitrogen and oxygen atoms in total. The van der Waals surface area contributed by atoms with E-state index in [1.807, 2.05) is 0 Å². The highest BCUT2D eigenvalue weighted by atomic mass is 16.5. The van der Waals surface area contributed by atoms with Crippen LogP contribution in [0.15, 0.2) is 6.07 Å². The fraction of sp³-hybridized carbons (Fsp3) is 0.500. The van der Waals surface area contributed by atoms with E-state index in [9.17, 15) is 4.79 Å². The molecule has 14 heavy (non-hydrogen) atoms. The maximum absolute atomic E-state index is 10.5. The Labute approximate surface area is 83.3 Å². The van der Waals surface area contributed by atoms with Crippen LogP contribution in [-0.2, 0) is 0 Å². The van der Waals surface area contributed by atoms with E-state index in [2.05, 4.69) is 23.8 Å². The monoisotopic (exact) mass is 194 g/mol. The third kappa shape index (κ3) is 3.12. The summed E-state index contributed by atoms with van der Waals surface area (Å²) >= 11 is 0. The van der Waals surface area contributed by atoms with E-state index < -0.39 is 0 Å². The molecule has 0 N–H and O–H groups in total. The fourth-order valence-corrected chi connectivity index (χ4v) is 0.949. The predicted octanol–water partition coefficient (Wildman–Crippen LogP) is 1.63. The zero-order chi connectivity index (χ0) is 10.6. The van der Waals surface area contributed by atoms with Crippen molar-refractivity contribution in [1.29, 1.82) is 0 Å². The minimum atomic E-state index is 0.358. The van der Waals surface area contributed by atoms with Crippen molar-refractivity contribution in [2.45, 2.75) is 20.8 Å². The van der Waals surface area contributed by atoms with Gasteiger partial charge in [-0.05, 0) is 12.8 Å². The van der Waals surface area contributed by atoms with Gasteiger partial charge in [0, 0.05) is 6.07 Å². The number of hydrogen-bond donors (Lipinski definition) is 0. The number of hydrogen-bond acceptors (Lipinski definition) is 4. The first-order valence-corrected chi connectivity index (χ1v) is 4.55. The molecule has 0 aliphatic rings. The molecule has 0 bridgehead atoms. The lowest BCUT2D eigenvalue weighted by Gasteiger charge is -2.07. The van der Waals surface area contributed by atoms with Crippen LogP contribution in [-0.4, -0.2) is 22.9 Å². The summed E-state index contributed by atoms with van der Waals surface area (Å²) in [5.41, 5.74) is 0.358. The van der Waals surface area contributed by atoms with Crippen molar-refractivity contribution in [2.24, 2.45) is 5.92 Å². The van der Waals surface area contributed by atoms with Crippen molar-refractivity contribution in [1.82, 2.24) is 9.97 Å². The molecule has 1 heterocycles. The molecule has 0 unspecified atom stereocenters. The Hall–Kier alpha value is -1.45. The van der Waals surface area contributed by atoms with Crippen molar-refractivity contribution in [2.75, 3.05) is 6.61 Å². The second kappa shape index (κ2) is 4.69. The smallest absolute Gasteiger partial charge is 0.217 e. The topological polar surface area (TPSA) is 52.1 Å². The third-order valence-corrected chi connectivity index (χ3v) is 1.52. The van der Waals surface area contributed by atoms with Crippen LogP contribution >= 0.6 is 0 Å². The fourth-order valence-electron chi connectivity index (χ4n) is 0.949. The summed E-state index contributed by atoms with van der Waals surface area (Å²) in [7, 11) is 0. The minimum absolute atomic E-state index is 0.358. The molecule has 76 valence electrons. The van der Waals surface area contributed by atoms with Crippen molar-refractivity contribution in [3.05, 3.63) is 17.6 Å². The molecule has 0 radical (unpaired) electrons. The summed E-state index contributed by atoms with van der Waals surface area (Å²) < 4.78 is 5.38. The second-order valence-electron chi connectivity index (χ2n) is 3.50. The SMILES string of the molecule is Cc1nc(C=O)cc(OCC(C)C)n1. The zero-order valence-corrected chi connectivity index (χ0v) is 8.65. The highest BCUT2D eigenvalue weighted by Crippen LogP contribution is 2.09. The predicted molar refractivity (Wildman–Crippen MR) is 52.5 cm³/mol. The number of carbonyl (C=O) groups is 1. The van der Waals surface area contributed by atoms with Gasteiger partial charge in [-0.25, -0.2) is 4.98 Å². The van der Waals surface area contributed by atoms with E-state index in [4.69, 9.17) is 4.74 Å². The molecule has 0 amide bonds. The van der Waals surface area contributed by atoms with Gasteiger partial charge in [0.15, 0.2) is 6.29 Å². The van der Waals surface area contributed by atoms with Gasteiger partial charge in [0.2, 0.25) is 5.88 Å². The number of nitrogens with zero attached hydrogens (tertiary/aromatic N) is 2. The molecule has 0 fully saturated rings. The Bertz CT molecular complexity index is 324. The van der Waals surface area contributed by atoms with Gasteiger partial charge in [-0.3, -0.25) is 4.79 Å². The zero-order valence-electron chi connectivity index (χ0n) is 8.65. The van der Waals surface area contributed by atoms with Crippen LogP contribution in [0.25, 0.3) is 0 Å². The molecule has 0 atom stereocenters. The summed E-state index contributed by atoms with van der Waals surface area (Å²) in [6.07, 6.45) is 0.691. The molecular weight excluding hydrogens is 180 g/mol. The number of aldehydes is 1. The van der Waals surface area contributed by atoms with Crippen molar-refractivity contribution in [3.8, 4) is 5.88 Å². The van der Waals surface area contributed by atoms with Crippen LogP contribution in [0.1, 0.15) is 30.2 Å². The Morgan fingerprint density at radius 3 is 2.79 bits per heavy atom. The molecule has 0 aromatic carbocycles. The summed E-state index contributed by atoms with van der Waals surface area (Å²) in [4.78, 5) is 18.5. The van der Waals surface area contributed by atoms with Gasteiger partial charge < -0.3 is 4.74 Å². The molecule has 4 heteroatoms. The molecule has 1 aromatic heterocycles. The van der Waals surface area contributed by atoms with Crippen LogP contribution < -0.4 is 4.74 Å². The molecule has 0 aliphatic heterocycles. The standard InChI is InChI=1S/C10H14N2O2/c1-7(2)6-14-10-4-9(5-13)11-8(3)12-10/h4-5,7H,6H2,1-3H3. The lowest BCUT2D eigenvalue weighted by atomic mass is 10.2. The largest absolute Gasteiger partial charge is 0.477 e. The first kappa shape index (κ1) is 10.6. The summed E-state index contributed by atoms with van der Waals surface area (Å²) in [6, 6.07) is 1.54. The van der Waals surface area contributed by atoms with Crippen LogP contribution in [0.4, 0.5) is 0 Å². The van der Waals surface area contributed by atoms with Crippen molar-refractivity contribution >= 4 is 6.29 Å². The van der Waals surface area contributed by atoms with E-state index in [-0.39, 0.29) is 0 Å². The van der Waals surface area contributed by atoms with Crippen LogP contribution in [0, 0.1) is 12.8 Å². The Kier molecular flexibility index (Phi) is 3.56. The van der Waals surface area contributed by atoms with Gasteiger partial charge in [0.1, 0.15) is 11.5 Å². The van der Waals surface area contributed by atoms with E-state index in [1.165, 1.54) is 0 Å². The number of aromatic nitrogens is 2. The third-order valence-electron chi connectivity index (χ3n) is 1.52. The number of ether oxygens (including phenoxy) is 1. The van der Waals surface area contributed by atoms with Gasteiger partial charge in [0.25, 0.3) is 0 Å². The molecular formula is C10H14N2O2. The maximum atomic E-state index is 10.5.